The first-order valence-electron chi connectivity index (χ1n) is 9.52. The number of phenols is 1. The number of carbonyl (C=O) groups is 2. The van der Waals surface area contributed by atoms with Crippen LogP contribution >= 0.6 is 0 Å². The number of phenolic OH excluding ortho intramolecular Hbond substituents is 1. The van der Waals surface area contributed by atoms with Crippen molar-refractivity contribution in [3.63, 3.8) is 0 Å². The van der Waals surface area contributed by atoms with E-state index in [1.165, 1.54) is 0 Å². The number of amides is 1. The molecule has 0 aliphatic heterocycles. The van der Waals surface area contributed by atoms with Gasteiger partial charge in [-0.05, 0) is 63.1 Å². The molecule has 1 heterocycles. The maximum Gasteiger partial charge on any atom is 0.340 e. The molecule has 0 saturated heterocycles. The molecule has 2 aromatic rings. The van der Waals surface area contributed by atoms with E-state index in [0.717, 1.165) is 12.8 Å². The van der Waals surface area contributed by atoms with Crippen LogP contribution < -0.4 is 10.9 Å². The molecule has 1 fully saturated rings. The summed E-state index contributed by atoms with van der Waals surface area (Å²) >= 11 is 0. The molecule has 0 radical (unpaired) electrons. The van der Waals surface area contributed by atoms with Crippen molar-refractivity contribution in [3.8, 4) is 5.75 Å². The van der Waals surface area contributed by atoms with Gasteiger partial charge in [0, 0.05) is 17.5 Å². The maximum absolute atomic E-state index is 12.4. The van der Waals surface area contributed by atoms with Crippen molar-refractivity contribution >= 4 is 22.8 Å². The van der Waals surface area contributed by atoms with Crippen LogP contribution in [-0.4, -0.2) is 28.6 Å². The largest absolute Gasteiger partial charge is 0.508 e. The first-order chi connectivity index (χ1) is 13.3. The summed E-state index contributed by atoms with van der Waals surface area (Å²) in [5.41, 5.74) is 1.24. The van der Waals surface area contributed by atoms with Crippen molar-refractivity contribution in [2.24, 2.45) is 11.8 Å². The SMILES string of the molecule is Cc1c(CC(=O)NCC2CCC(C(=O)O)CC2)c(=O)oc2c(C)c(O)ccc12. The highest BCUT2D eigenvalue weighted by Gasteiger charge is 2.26. The third-order valence-electron chi connectivity index (χ3n) is 5.80. The van der Waals surface area contributed by atoms with Gasteiger partial charge < -0.3 is 19.9 Å². The Morgan fingerprint density at radius 3 is 2.46 bits per heavy atom. The third-order valence-corrected chi connectivity index (χ3v) is 5.80. The highest BCUT2D eigenvalue weighted by Crippen LogP contribution is 2.29. The number of carboxylic acids is 1. The zero-order chi connectivity index (χ0) is 20.4. The van der Waals surface area contributed by atoms with Gasteiger partial charge in [0.1, 0.15) is 11.3 Å². The molecule has 0 spiro atoms. The quantitative estimate of drug-likeness (QED) is 0.679. The Hall–Kier alpha value is -2.83. The van der Waals surface area contributed by atoms with Crippen LogP contribution in [-0.2, 0) is 16.0 Å². The third kappa shape index (κ3) is 4.03. The van der Waals surface area contributed by atoms with Crippen LogP contribution in [0.4, 0.5) is 0 Å². The molecule has 150 valence electrons. The number of carbonyl (C=O) groups excluding carboxylic acids is 1. The summed E-state index contributed by atoms with van der Waals surface area (Å²) in [6.45, 7) is 3.92. The molecule has 7 heteroatoms. The number of aryl methyl sites for hydroxylation is 2. The van der Waals surface area contributed by atoms with E-state index < -0.39 is 11.6 Å². The molecule has 0 atom stereocenters. The zero-order valence-electron chi connectivity index (χ0n) is 16.1. The fourth-order valence-electron chi connectivity index (χ4n) is 3.88. The molecule has 1 aromatic heterocycles. The van der Waals surface area contributed by atoms with Crippen molar-refractivity contribution in [2.45, 2.75) is 46.0 Å². The standard InChI is InChI=1S/C21H25NO6/c1-11-15-7-8-17(23)12(2)19(15)28-21(27)16(11)9-18(24)22-10-13-3-5-14(6-4-13)20(25)26/h7-8,13-14,23H,3-6,9-10H2,1-2H3,(H,22,24)(H,25,26). The molecule has 1 aliphatic rings. The number of aromatic hydroxyl groups is 1. The molecule has 1 amide bonds. The summed E-state index contributed by atoms with van der Waals surface area (Å²) < 4.78 is 5.36. The summed E-state index contributed by atoms with van der Waals surface area (Å²) in [5, 5.41) is 22.4. The van der Waals surface area contributed by atoms with Crippen LogP contribution in [0, 0.1) is 25.7 Å². The van der Waals surface area contributed by atoms with E-state index in [1.807, 2.05) is 0 Å². The van der Waals surface area contributed by atoms with Crippen molar-refractivity contribution in [1.29, 1.82) is 0 Å². The summed E-state index contributed by atoms with van der Waals surface area (Å²) in [6.07, 6.45) is 2.74. The van der Waals surface area contributed by atoms with Crippen molar-refractivity contribution in [2.75, 3.05) is 6.54 Å². The van der Waals surface area contributed by atoms with Crippen LogP contribution in [0.5, 0.6) is 5.75 Å². The van der Waals surface area contributed by atoms with Gasteiger partial charge in [-0.2, -0.15) is 0 Å². The number of rotatable bonds is 5. The number of carboxylic acid groups (broad SMARTS) is 1. The number of hydrogen-bond donors (Lipinski definition) is 3. The van der Waals surface area contributed by atoms with Crippen LogP contribution in [0.15, 0.2) is 21.3 Å². The second-order valence-electron chi connectivity index (χ2n) is 7.62. The summed E-state index contributed by atoms with van der Waals surface area (Å²) in [6, 6.07) is 3.22. The minimum atomic E-state index is -0.746. The average molecular weight is 387 g/mol. The Bertz CT molecular complexity index is 969. The minimum Gasteiger partial charge on any atom is -0.508 e. The molecule has 0 unspecified atom stereocenters. The Kier molecular flexibility index (Phi) is 5.72. The topological polar surface area (TPSA) is 117 Å². The number of hydrogen-bond acceptors (Lipinski definition) is 5. The highest BCUT2D eigenvalue weighted by atomic mass is 16.4. The molecule has 1 saturated carbocycles. The van der Waals surface area contributed by atoms with E-state index in [-0.39, 0.29) is 29.9 Å². The van der Waals surface area contributed by atoms with Crippen LogP contribution in [0.2, 0.25) is 0 Å². The van der Waals surface area contributed by atoms with Gasteiger partial charge in [0.05, 0.1) is 17.9 Å². The average Bonchev–Trinajstić information content (AvgIpc) is 2.67. The zero-order valence-corrected chi connectivity index (χ0v) is 16.1. The van der Waals surface area contributed by atoms with Gasteiger partial charge in [0.15, 0.2) is 0 Å². The second kappa shape index (κ2) is 8.04. The fraction of sp³-hybridized carbons (Fsp3) is 0.476. The molecule has 3 N–H and O–H groups in total. The highest BCUT2D eigenvalue weighted by molar-refractivity contribution is 5.87. The predicted octanol–water partition coefficient (Wildman–Crippen LogP) is 2.67. The lowest BCUT2D eigenvalue weighted by atomic mass is 9.82. The Balaban J connectivity index is 1.66. The molecular weight excluding hydrogens is 362 g/mol. The number of benzene rings is 1. The first kappa shape index (κ1) is 19.9. The maximum atomic E-state index is 12.4. The van der Waals surface area contributed by atoms with Crippen LogP contribution in [0.1, 0.15) is 42.4 Å². The Morgan fingerprint density at radius 2 is 1.82 bits per heavy atom. The van der Waals surface area contributed by atoms with Gasteiger partial charge in [-0.25, -0.2) is 4.79 Å². The van der Waals surface area contributed by atoms with Crippen LogP contribution in [0.3, 0.4) is 0 Å². The molecular formula is C21H25NO6. The second-order valence-corrected chi connectivity index (χ2v) is 7.62. The smallest absolute Gasteiger partial charge is 0.340 e. The summed E-state index contributed by atoms with van der Waals surface area (Å²) in [7, 11) is 0. The fourth-order valence-corrected chi connectivity index (χ4v) is 3.88. The molecule has 7 nitrogen and oxygen atoms in total. The van der Waals surface area contributed by atoms with Crippen molar-refractivity contribution in [1.82, 2.24) is 5.32 Å². The molecule has 3 rings (SSSR count). The minimum absolute atomic E-state index is 0.0539. The number of fused-ring (bicyclic) bond motifs is 1. The van der Waals surface area contributed by atoms with E-state index >= 15 is 0 Å². The summed E-state index contributed by atoms with van der Waals surface area (Å²) in [5.74, 6) is -0.965. The van der Waals surface area contributed by atoms with E-state index in [0.29, 0.717) is 47.0 Å². The first-order valence-corrected chi connectivity index (χ1v) is 9.52. The van der Waals surface area contributed by atoms with Gasteiger partial charge in [-0.1, -0.05) is 0 Å². The molecule has 28 heavy (non-hydrogen) atoms. The van der Waals surface area contributed by atoms with E-state index in [1.54, 1.807) is 26.0 Å². The molecule has 1 aromatic carbocycles. The van der Waals surface area contributed by atoms with Crippen molar-refractivity contribution in [3.05, 3.63) is 39.2 Å². The number of nitrogens with one attached hydrogen (secondary N) is 1. The van der Waals surface area contributed by atoms with Gasteiger partial charge in [-0.15, -0.1) is 0 Å². The van der Waals surface area contributed by atoms with Gasteiger partial charge in [-0.3, -0.25) is 9.59 Å². The van der Waals surface area contributed by atoms with E-state index in [4.69, 9.17) is 9.52 Å². The van der Waals surface area contributed by atoms with Gasteiger partial charge in [0.25, 0.3) is 0 Å². The Labute approximate surface area is 162 Å². The molecule has 1 aliphatic carbocycles. The van der Waals surface area contributed by atoms with Crippen molar-refractivity contribution < 1.29 is 24.2 Å². The molecule has 0 bridgehead atoms. The lowest BCUT2D eigenvalue weighted by Gasteiger charge is -2.26. The van der Waals surface area contributed by atoms with Gasteiger partial charge >= 0.3 is 11.6 Å². The van der Waals surface area contributed by atoms with Crippen LogP contribution in [0.25, 0.3) is 11.0 Å². The van der Waals surface area contributed by atoms with E-state index in [2.05, 4.69) is 5.32 Å². The normalized spacial score (nSPS) is 19.5. The lowest BCUT2D eigenvalue weighted by molar-refractivity contribution is -0.143. The van der Waals surface area contributed by atoms with Gasteiger partial charge in [0.2, 0.25) is 5.91 Å². The predicted molar refractivity (Wildman–Crippen MR) is 103 cm³/mol. The number of aliphatic carboxylic acids is 1. The summed E-state index contributed by atoms with van der Waals surface area (Å²) in [4.78, 5) is 35.7. The Morgan fingerprint density at radius 1 is 1.14 bits per heavy atom. The monoisotopic (exact) mass is 387 g/mol. The lowest BCUT2D eigenvalue weighted by Crippen LogP contribution is -2.34. The van der Waals surface area contributed by atoms with E-state index in [9.17, 15) is 19.5 Å².